The lowest BCUT2D eigenvalue weighted by Crippen LogP contribution is -2.44. The molecular weight excluding hydrogens is 401 g/mol. The van der Waals surface area contributed by atoms with Gasteiger partial charge in [0.1, 0.15) is 0 Å². The Morgan fingerprint density at radius 3 is 2.76 bits per heavy atom. The first kappa shape index (κ1) is 17.3. The van der Waals surface area contributed by atoms with Crippen LogP contribution in [0.25, 0.3) is 0 Å². The van der Waals surface area contributed by atoms with Gasteiger partial charge in [-0.25, -0.2) is 0 Å². The zero-order chi connectivity index (χ0) is 15.6. The minimum atomic E-state index is -3.66. The second-order valence-corrected chi connectivity index (χ2v) is 8.21. The molecule has 5 nitrogen and oxygen atoms in total. The molecule has 2 rings (SSSR count). The van der Waals surface area contributed by atoms with E-state index in [4.69, 9.17) is 28.9 Å². The molecule has 118 valence electrons. The molecule has 1 heterocycles. The minimum Gasteiger partial charge on any atom is -0.330 e. The minimum absolute atomic E-state index is 0.169. The SMILES string of the molecule is NCC1CCCN(S(=O)(=O)Nc2ccc(Br)c(Cl)c2Cl)C1. The molecule has 0 spiro atoms. The summed E-state index contributed by atoms with van der Waals surface area (Å²) in [5.41, 5.74) is 5.90. The molecule has 0 bridgehead atoms. The average Bonchev–Trinajstić information content (AvgIpc) is 2.48. The summed E-state index contributed by atoms with van der Waals surface area (Å²) in [5, 5.41) is 0.442. The predicted octanol–water partition coefficient (Wildman–Crippen LogP) is 3.08. The van der Waals surface area contributed by atoms with E-state index in [1.807, 2.05) is 0 Å². The van der Waals surface area contributed by atoms with E-state index in [9.17, 15) is 8.42 Å². The molecule has 21 heavy (non-hydrogen) atoms. The maximum Gasteiger partial charge on any atom is 0.301 e. The topological polar surface area (TPSA) is 75.4 Å². The Hall–Kier alpha value is -0.0500. The number of nitrogens with zero attached hydrogens (tertiary/aromatic N) is 1. The van der Waals surface area contributed by atoms with E-state index < -0.39 is 10.2 Å². The van der Waals surface area contributed by atoms with Crippen LogP contribution in [0.15, 0.2) is 16.6 Å². The first-order valence-corrected chi connectivity index (χ1v) is 9.45. The lowest BCUT2D eigenvalue weighted by Gasteiger charge is -2.31. The fourth-order valence-corrected chi connectivity index (χ4v) is 4.48. The molecule has 3 N–H and O–H groups in total. The van der Waals surface area contributed by atoms with Gasteiger partial charge in [0.25, 0.3) is 0 Å². The summed E-state index contributed by atoms with van der Waals surface area (Å²) in [6.07, 6.45) is 1.75. The van der Waals surface area contributed by atoms with Crippen LogP contribution in [0.4, 0.5) is 5.69 Å². The highest BCUT2D eigenvalue weighted by Gasteiger charge is 2.29. The van der Waals surface area contributed by atoms with E-state index in [2.05, 4.69) is 20.7 Å². The summed E-state index contributed by atoms with van der Waals surface area (Å²) in [4.78, 5) is 0. The Kier molecular flexibility index (Phi) is 5.78. The van der Waals surface area contributed by atoms with Crippen LogP contribution in [-0.2, 0) is 10.2 Å². The zero-order valence-corrected chi connectivity index (χ0v) is 15.1. The van der Waals surface area contributed by atoms with Crippen molar-refractivity contribution in [1.82, 2.24) is 4.31 Å². The van der Waals surface area contributed by atoms with Gasteiger partial charge in [-0.1, -0.05) is 23.2 Å². The standard InChI is InChI=1S/C12H16BrCl2N3O2S/c13-9-3-4-10(12(15)11(9)14)17-21(19,20)18-5-1-2-8(6-16)7-18/h3-4,8,17H,1-2,5-7,16H2. The summed E-state index contributed by atoms with van der Waals surface area (Å²) in [6.45, 7) is 1.39. The third-order valence-corrected chi connectivity index (χ3v) is 6.69. The van der Waals surface area contributed by atoms with Crippen molar-refractivity contribution in [2.24, 2.45) is 11.7 Å². The van der Waals surface area contributed by atoms with Gasteiger partial charge in [0.15, 0.2) is 0 Å². The first-order chi connectivity index (χ1) is 9.85. The van der Waals surface area contributed by atoms with Crippen LogP contribution in [0.2, 0.25) is 10.0 Å². The summed E-state index contributed by atoms with van der Waals surface area (Å²) in [6, 6.07) is 3.21. The Balaban J connectivity index is 2.20. The highest BCUT2D eigenvalue weighted by atomic mass is 79.9. The fraction of sp³-hybridized carbons (Fsp3) is 0.500. The molecule has 1 unspecified atom stereocenters. The fourth-order valence-electron chi connectivity index (χ4n) is 2.25. The summed E-state index contributed by atoms with van der Waals surface area (Å²) in [7, 11) is -3.66. The molecule has 0 radical (unpaired) electrons. The van der Waals surface area contributed by atoms with Gasteiger partial charge in [-0.3, -0.25) is 4.72 Å². The third kappa shape index (κ3) is 4.03. The number of nitrogens with two attached hydrogens (primary N) is 1. The summed E-state index contributed by atoms with van der Waals surface area (Å²) < 4.78 is 29.4. The second-order valence-electron chi connectivity index (χ2n) is 4.93. The maximum atomic E-state index is 12.4. The molecule has 0 saturated carbocycles. The molecule has 0 aliphatic carbocycles. The van der Waals surface area contributed by atoms with Gasteiger partial charge in [-0.15, -0.1) is 0 Å². The quantitative estimate of drug-likeness (QED) is 0.740. The number of benzene rings is 1. The molecule has 1 saturated heterocycles. The van der Waals surface area contributed by atoms with Crippen molar-refractivity contribution >= 4 is 55.0 Å². The van der Waals surface area contributed by atoms with E-state index in [1.54, 1.807) is 12.1 Å². The van der Waals surface area contributed by atoms with Crippen molar-refractivity contribution in [2.75, 3.05) is 24.4 Å². The van der Waals surface area contributed by atoms with Gasteiger partial charge in [0, 0.05) is 17.6 Å². The van der Waals surface area contributed by atoms with Crippen molar-refractivity contribution in [1.29, 1.82) is 0 Å². The number of anilines is 1. The second kappa shape index (κ2) is 7.02. The molecule has 1 atom stereocenters. The smallest absolute Gasteiger partial charge is 0.301 e. The normalized spacial score (nSPS) is 20.5. The largest absolute Gasteiger partial charge is 0.330 e. The molecule has 9 heteroatoms. The van der Waals surface area contributed by atoms with Crippen molar-refractivity contribution in [3.8, 4) is 0 Å². The van der Waals surface area contributed by atoms with Gasteiger partial charge in [0.2, 0.25) is 0 Å². The Morgan fingerprint density at radius 2 is 2.10 bits per heavy atom. The van der Waals surface area contributed by atoms with Crippen molar-refractivity contribution in [3.63, 3.8) is 0 Å². The molecule has 1 aromatic rings. The van der Waals surface area contributed by atoms with Crippen LogP contribution < -0.4 is 10.5 Å². The summed E-state index contributed by atoms with van der Waals surface area (Å²) in [5.74, 6) is 0.194. The van der Waals surface area contributed by atoms with Gasteiger partial charge in [-0.05, 0) is 53.4 Å². The number of rotatable bonds is 4. The van der Waals surface area contributed by atoms with Gasteiger partial charge in [-0.2, -0.15) is 12.7 Å². The zero-order valence-electron chi connectivity index (χ0n) is 11.2. The highest BCUT2D eigenvalue weighted by Crippen LogP contribution is 2.36. The van der Waals surface area contributed by atoms with E-state index in [0.717, 1.165) is 12.8 Å². The molecule has 1 aliphatic rings. The lowest BCUT2D eigenvalue weighted by atomic mass is 10.0. The van der Waals surface area contributed by atoms with Crippen LogP contribution in [0.1, 0.15) is 12.8 Å². The average molecular weight is 417 g/mol. The van der Waals surface area contributed by atoms with Gasteiger partial charge < -0.3 is 5.73 Å². The number of hydrogen-bond donors (Lipinski definition) is 2. The van der Waals surface area contributed by atoms with E-state index in [1.165, 1.54) is 4.31 Å². The third-order valence-electron chi connectivity index (χ3n) is 3.43. The highest BCUT2D eigenvalue weighted by molar-refractivity contribution is 9.10. The molecule has 1 aliphatic heterocycles. The molecule has 0 amide bonds. The Labute approximate surface area is 143 Å². The first-order valence-electron chi connectivity index (χ1n) is 6.46. The molecular formula is C12H16BrCl2N3O2S. The van der Waals surface area contributed by atoms with Crippen LogP contribution in [0, 0.1) is 5.92 Å². The maximum absolute atomic E-state index is 12.4. The van der Waals surface area contributed by atoms with Crippen LogP contribution in [0.5, 0.6) is 0 Å². The van der Waals surface area contributed by atoms with Crippen LogP contribution >= 0.6 is 39.1 Å². The predicted molar refractivity (Wildman–Crippen MR) is 90.1 cm³/mol. The molecule has 1 fully saturated rings. The Morgan fingerprint density at radius 1 is 1.38 bits per heavy atom. The number of halogens is 3. The van der Waals surface area contributed by atoms with Crippen molar-refractivity contribution < 1.29 is 8.42 Å². The number of hydrogen-bond acceptors (Lipinski definition) is 3. The van der Waals surface area contributed by atoms with Gasteiger partial charge in [0.05, 0.1) is 15.7 Å². The van der Waals surface area contributed by atoms with Crippen LogP contribution in [-0.4, -0.2) is 32.4 Å². The van der Waals surface area contributed by atoms with Gasteiger partial charge >= 0.3 is 10.2 Å². The summed E-state index contributed by atoms with van der Waals surface area (Å²) >= 11 is 15.3. The number of piperidine rings is 1. The van der Waals surface area contributed by atoms with E-state index in [0.29, 0.717) is 24.1 Å². The van der Waals surface area contributed by atoms with Crippen LogP contribution in [0.3, 0.4) is 0 Å². The monoisotopic (exact) mass is 415 g/mol. The van der Waals surface area contributed by atoms with Crippen molar-refractivity contribution in [3.05, 3.63) is 26.7 Å². The van der Waals surface area contributed by atoms with Crippen molar-refractivity contribution in [2.45, 2.75) is 12.8 Å². The lowest BCUT2D eigenvalue weighted by molar-refractivity contribution is 0.273. The Bertz CT molecular complexity index is 627. The van der Waals surface area contributed by atoms with E-state index >= 15 is 0 Å². The molecule has 1 aromatic carbocycles. The van der Waals surface area contributed by atoms with E-state index in [-0.39, 0.29) is 21.7 Å². The number of nitrogens with one attached hydrogen (secondary N) is 1. The molecule has 0 aromatic heterocycles.